The Balaban J connectivity index is 1.42. The van der Waals surface area contributed by atoms with Crippen LogP contribution in [0.3, 0.4) is 0 Å². The van der Waals surface area contributed by atoms with Crippen molar-refractivity contribution in [3.8, 4) is 17.2 Å². The van der Waals surface area contributed by atoms with Gasteiger partial charge >= 0.3 is 0 Å². The molecule has 4 aromatic rings. The number of hydrogen-bond acceptors (Lipinski definition) is 8. The van der Waals surface area contributed by atoms with Crippen molar-refractivity contribution in [3.63, 3.8) is 0 Å². The SMILES string of the molecule is COc1ccc(-n2c(SCC(=O)N/N=C/c3cc(Br)cc(Br)c3O)nc3sc4c(c3c2=O)CCCC4)cc1. The minimum Gasteiger partial charge on any atom is -0.506 e. The summed E-state index contributed by atoms with van der Waals surface area (Å²) in [7, 11) is 1.59. The second kappa shape index (κ2) is 11.6. The van der Waals surface area contributed by atoms with Crippen molar-refractivity contribution in [2.45, 2.75) is 30.8 Å². The lowest BCUT2D eigenvalue weighted by Crippen LogP contribution is -2.24. The maximum Gasteiger partial charge on any atom is 0.267 e. The van der Waals surface area contributed by atoms with E-state index in [0.29, 0.717) is 36.8 Å². The number of hydrazone groups is 1. The van der Waals surface area contributed by atoms with Gasteiger partial charge in [-0.3, -0.25) is 14.2 Å². The fourth-order valence-electron chi connectivity index (χ4n) is 4.26. The summed E-state index contributed by atoms with van der Waals surface area (Å²) in [6.45, 7) is 0. The first-order chi connectivity index (χ1) is 18.4. The zero-order chi connectivity index (χ0) is 26.8. The van der Waals surface area contributed by atoms with Gasteiger partial charge < -0.3 is 9.84 Å². The zero-order valence-corrected chi connectivity index (χ0v) is 25.0. The number of fused-ring (bicyclic) bond motifs is 3. The number of benzene rings is 2. The molecule has 0 atom stereocenters. The predicted octanol–water partition coefficient (Wildman–Crippen LogP) is 5.81. The number of nitrogens with zero attached hydrogens (tertiary/aromatic N) is 3. The molecule has 12 heteroatoms. The summed E-state index contributed by atoms with van der Waals surface area (Å²) >= 11 is 9.37. The van der Waals surface area contributed by atoms with Gasteiger partial charge in [-0.1, -0.05) is 27.7 Å². The fourth-order valence-corrected chi connectivity index (χ4v) is 7.63. The van der Waals surface area contributed by atoms with Crippen molar-refractivity contribution in [2.24, 2.45) is 5.10 Å². The van der Waals surface area contributed by atoms with Crippen LogP contribution in [0.5, 0.6) is 11.5 Å². The van der Waals surface area contributed by atoms with Gasteiger partial charge in [0.15, 0.2) is 5.16 Å². The van der Waals surface area contributed by atoms with Gasteiger partial charge in [0.25, 0.3) is 11.5 Å². The Morgan fingerprint density at radius 3 is 2.79 bits per heavy atom. The number of thioether (sulfide) groups is 1. The van der Waals surface area contributed by atoms with Crippen LogP contribution in [0, 0.1) is 0 Å². The van der Waals surface area contributed by atoms with Gasteiger partial charge in [-0.05, 0) is 83.6 Å². The minimum absolute atomic E-state index is 0.00923. The van der Waals surface area contributed by atoms with Crippen LogP contribution >= 0.6 is 55.0 Å². The van der Waals surface area contributed by atoms with Gasteiger partial charge in [0.1, 0.15) is 16.3 Å². The number of aromatic nitrogens is 2. The third kappa shape index (κ3) is 5.54. The number of phenols is 1. The Morgan fingerprint density at radius 1 is 1.26 bits per heavy atom. The molecule has 2 aromatic carbocycles. The van der Waals surface area contributed by atoms with Gasteiger partial charge in [-0.15, -0.1) is 11.3 Å². The van der Waals surface area contributed by atoms with E-state index in [1.54, 1.807) is 47.3 Å². The second-order valence-corrected chi connectivity index (χ2v) is 12.3. The molecule has 0 aliphatic heterocycles. The molecule has 0 bridgehead atoms. The Bertz CT molecular complexity index is 1620. The van der Waals surface area contributed by atoms with Crippen molar-refractivity contribution >= 4 is 77.3 Å². The topological polar surface area (TPSA) is 106 Å². The van der Waals surface area contributed by atoms with E-state index in [0.717, 1.165) is 35.7 Å². The van der Waals surface area contributed by atoms with E-state index in [1.165, 1.54) is 22.9 Å². The Morgan fingerprint density at radius 2 is 2.03 bits per heavy atom. The van der Waals surface area contributed by atoms with Crippen LogP contribution in [0.2, 0.25) is 0 Å². The quantitative estimate of drug-likeness (QED) is 0.111. The molecule has 1 aliphatic carbocycles. The summed E-state index contributed by atoms with van der Waals surface area (Å²) in [6, 6.07) is 10.6. The van der Waals surface area contributed by atoms with Gasteiger partial charge in [0, 0.05) is 14.9 Å². The van der Waals surface area contributed by atoms with Crippen molar-refractivity contribution in [3.05, 3.63) is 71.7 Å². The number of halogens is 2. The first kappa shape index (κ1) is 26.9. The highest BCUT2D eigenvalue weighted by Crippen LogP contribution is 2.35. The van der Waals surface area contributed by atoms with Crippen LogP contribution in [0.4, 0.5) is 0 Å². The molecule has 0 spiro atoms. The largest absolute Gasteiger partial charge is 0.506 e. The number of carbonyl (C=O) groups excluding carboxylic acids is 1. The molecule has 0 saturated heterocycles. The van der Waals surface area contributed by atoms with E-state index in [-0.39, 0.29) is 23.0 Å². The number of amides is 1. The van der Waals surface area contributed by atoms with Gasteiger partial charge in [-0.25, -0.2) is 10.4 Å². The lowest BCUT2D eigenvalue weighted by atomic mass is 9.97. The third-order valence-electron chi connectivity index (χ3n) is 6.07. The average Bonchev–Trinajstić information content (AvgIpc) is 3.29. The van der Waals surface area contributed by atoms with E-state index in [9.17, 15) is 14.7 Å². The molecular weight excluding hydrogens is 656 g/mol. The summed E-state index contributed by atoms with van der Waals surface area (Å²) in [4.78, 5) is 33.2. The standard InChI is InChI=1S/C26H22Br2N4O4S2/c1-36-17-8-6-16(7-9-17)32-25(35)22-18-4-2-3-5-20(18)38-24(22)30-26(32)37-13-21(33)31-29-12-14-10-15(27)11-19(28)23(14)34/h6-12,34H,2-5,13H2,1H3,(H,31,33)/b29-12+. The predicted molar refractivity (Wildman–Crippen MR) is 158 cm³/mol. The number of methoxy groups -OCH3 is 1. The van der Waals surface area contributed by atoms with Crippen LogP contribution < -0.4 is 15.7 Å². The number of ether oxygens (including phenoxy) is 1. The maximum absolute atomic E-state index is 13.8. The maximum atomic E-state index is 13.8. The van der Waals surface area contributed by atoms with E-state index < -0.39 is 0 Å². The number of rotatable bonds is 7. The summed E-state index contributed by atoms with van der Waals surface area (Å²) < 4.78 is 8.10. The van der Waals surface area contributed by atoms with Gasteiger partial charge in [0.05, 0.1) is 34.6 Å². The Labute approximate surface area is 243 Å². The molecule has 0 radical (unpaired) electrons. The van der Waals surface area contributed by atoms with Gasteiger partial charge in [-0.2, -0.15) is 5.10 Å². The van der Waals surface area contributed by atoms with E-state index >= 15 is 0 Å². The highest BCUT2D eigenvalue weighted by Gasteiger charge is 2.23. The normalized spacial score (nSPS) is 13.1. The van der Waals surface area contributed by atoms with Crippen molar-refractivity contribution < 1.29 is 14.6 Å². The van der Waals surface area contributed by atoms with Gasteiger partial charge in [0.2, 0.25) is 0 Å². The fraction of sp³-hybridized carbons (Fsp3) is 0.231. The number of hydrogen-bond donors (Lipinski definition) is 2. The Kier molecular flexibility index (Phi) is 8.22. The summed E-state index contributed by atoms with van der Waals surface area (Å²) in [5.74, 6) is 0.310. The zero-order valence-electron chi connectivity index (χ0n) is 20.2. The molecule has 38 heavy (non-hydrogen) atoms. The molecule has 1 aliphatic rings. The van der Waals surface area contributed by atoms with E-state index in [2.05, 4.69) is 42.4 Å². The number of thiophene rings is 1. The number of aryl methyl sites for hydroxylation is 2. The minimum atomic E-state index is -0.374. The van der Waals surface area contributed by atoms with Crippen molar-refractivity contribution in [2.75, 3.05) is 12.9 Å². The van der Waals surface area contributed by atoms with E-state index in [4.69, 9.17) is 9.72 Å². The number of nitrogens with one attached hydrogen (secondary N) is 1. The molecule has 2 heterocycles. The van der Waals surface area contributed by atoms with Crippen molar-refractivity contribution in [1.82, 2.24) is 15.0 Å². The highest BCUT2D eigenvalue weighted by molar-refractivity contribution is 9.11. The second-order valence-electron chi connectivity index (χ2n) is 8.53. The first-order valence-corrected chi connectivity index (χ1v) is 15.1. The summed E-state index contributed by atoms with van der Waals surface area (Å²) in [5, 5.41) is 15.2. The molecule has 8 nitrogen and oxygen atoms in total. The molecule has 2 N–H and O–H groups in total. The molecule has 0 fully saturated rings. The molecule has 0 saturated carbocycles. The average molecular weight is 678 g/mol. The Hall–Kier alpha value is -2.67. The van der Waals surface area contributed by atoms with Crippen LogP contribution in [0.25, 0.3) is 15.9 Å². The lowest BCUT2D eigenvalue weighted by molar-refractivity contribution is -0.118. The lowest BCUT2D eigenvalue weighted by Gasteiger charge is -2.14. The van der Waals surface area contributed by atoms with Crippen LogP contribution in [-0.4, -0.2) is 39.6 Å². The van der Waals surface area contributed by atoms with Crippen LogP contribution in [0.1, 0.15) is 28.8 Å². The molecule has 2 aromatic heterocycles. The summed E-state index contributed by atoms with van der Waals surface area (Å²) in [6.07, 6.45) is 5.38. The molecule has 1 amide bonds. The van der Waals surface area contributed by atoms with Crippen LogP contribution in [0.15, 0.2) is 60.4 Å². The number of carbonyl (C=O) groups is 1. The van der Waals surface area contributed by atoms with Crippen molar-refractivity contribution in [1.29, 1.82) is 0 Å². The third-order valence-corrected chi connectivity index (χ3v) is 9.26. The number of aromatic hydroxyl groups is 1. The summed E-state index contributed by atoms with van der Waals surface area (Å²) in [5.41, 5.74) is 4.54. The molecule has 196 valence electrons. The highest BCUT2D eigenvalue weighted by atomic mass is 79.9. The smallest absolute Gasteiger partial charge is 0.267 e. The first-order valence-electron chi connectivity index (χ1n) is 11.7. The van der Waals surface area contributed by atoms with E-state index in [1.807, 2.05) is 12.1 Å². The number of phenolic OH excluding ortho intramolecular Hbond substituents is 1. The molecule has 0 unspecified atom stereocenters. The molecule has 5 rings (SSSR count). The molecular formula is C26H22Br2N4O4S2. The van der Waals surface area contributed by atoms with Crippen LogP contribution in [-0.2, 0) is 17.6 Å². The monoisotopic (exact) mass is 676 g/mol.